The first-order valence-electron chi connectivity index (χ1n) is 45.2. The van der Waals surface area contributed by atoms with Crippen LogP contribution in [-0.2, 0) is 0 Å². The van der Waals surface area contributed by atoms with Crippen LogP contribution in [0.5, 0.6) is 0 Å². The number of anilines is 6. The minimum absolute atomic E-state index is 1.09. The Kier molecular flexibility index (Phi) is 18.8. The number of hydrogen-bond acceptors (Lipinski definition) is 2. The highest BCUT2D eigenvalue weighted by Crippen LogP contribution is 2.46. The predicted octanol–water partition coefficient (Wildman–Crippen LogP) is 33.3. The number of nitrogens with zero attached hydrogens (tertiary/aromatic N) is 8. The molecule has 8 nitrogen and oxygen atoms in total. The van der Waals surface area contributed by atoms with Crippen LogP contribution in [0.15, 0.2) is 510 Å². The molecule has 0 saturated carbocycles. The van der Waals surface area contributed by atoms with Gasteiger partial charge in [0.1, 0.15) is 0 Å². The lowest BCUT2D eigenvalue weighted by atomic mass is 10.1. The normalized spacial score (nSPS) is 11.6. The lowest BCUT2D eigenvalue weighted by Gasteiger charge is -2.26. The van der Waals surface area contributed by atoms with Crippen molar-refractivity contribution in [2.75, 3.05) is 9.80 Å². The molecule has 0 spiro atoms. The van der Waals surface area contributed by atoms with Crippen molar-refractivity contribution in [3.63, 3.8) is 0 Å². The standard InChI is InChI=1S/C66H46N4.C58H38N4/c1-5-19-49(20-6-1)63-43-53-45-66-54(46-65(53)69(63)59-37-33-57(34-38-59)67(55-25-9-3-10-26-55)61-31-29-47-17-13-15-23-51(47)41-61)44-64(50-21-7-2-8-22-50)70(66)60-39-35-58(36-40-60)68(56-27-11-4-12-28-56)62-32-30-48-18-14-16-24-52(48)42-62;1-3-15-39(16-4-1)55-35-41-37-58-42(38-57(41)61(55)45-31-27-43(28-32-45)59-51-23-11-7-19-47(51)48-20-8-12-24-52(48)59)36-56(40-17-5-2-6-18-40)62(58)46-33-29-44(30-34-46)60-53-25-13-9-21-49(53)50-22-10-14-26-54(50)60/h1-46H;1-38H. The topological polar surface area (TPSA) is 36.1 Å². The molecule has 26 aromatic rings. The summed E-state index contributed by atoms with van der Waals surface area (Å²) < 4.78 is 14.5. The molecule has 620 valence electrons. The summed E-state index contributed by atoms with van der Waals surface area (Å²) in [6.07, 6.45) is 0. The summed E-state index contributed by atoms with van der Waals surface area (Å²) in [5, 5.41) is 14.6. The van der Waals surface area contributed by atoms with Crippen molar-refractivity contribution >= 4 is 143 Å². The van der Waals surface area contributed by atoms with Crippen LogP contribution in [-0.4, -0.2) is 27.4 Å². The summed E-state index contributed by atoms with van der Waals surface area (Å²) in [4.78, 5) is 4.68. The van der Waals surface area contributed by atoms with E-state index in [4.69, 9.17) is 0 Å². The third-order valence-corrected chi connectivity index (χ3v) is 26.4. The molecule has 26 rings (SSSR count). The fraction of sp³-hybridized carbons (Fsp3) is 0. The molecular weight excluding hydrogens is 1600 g/mol. The maximum absolute atomic E-state index is 2.43. The van der Waals surface area contributed by atoms with Crippen LogP contribution < -0.4 is 9.80 Å². The van der Waals surface area contributed by atoms with E-state index in [0.717, 1.165) is 113 Å². The Morgan fingerprint density at radius 1 is 0.121 bits per heavy atom. The van der Waals surface area contributed by atoms with Gasteiger partial charge in [0.05, 0.1) is 66.9 Å². The van der Waals surface area contributed by atoms with Crippen LogP contribution in [0.2, 0.25) is 0 Å². The van der Waals surface area contributed by atoms with Gasteiger partial charge >= 0.3 is 0 Å². The van der Waals surface area contributed by atoms with E-state index in [1.54, 1.807) is 0 Å². The fourth-order valence-electron chi connectivity index (χ4n) is 20.3. The Morgan fingerprint density at radius 2 is 0.326 bits per heavy atom. The summed E-state index contributed by atoms with van der Waals surface area (Å²) >= 11 is 0. The number of aromatic nitrogens is 6. The number of hydrogen-bond donors (Lipinski definition) is 0. The van der Waals surface area contributed by atoms with Gasteiger partial charge in [0.2, 0.25) is 0 Å². The second kappa shape index (κ2) is 32.3. The first kappa shape index (κ1) is 76.7. The first-order chi connectivity index (χ1) is 65.5. The van der Waals surface area contributed by atoms with Crippen LogP contribution in [0.4, 0.5) is 34.1 Å². The highest BCUT2D eigenvalue weighted by Gasteiger charge is 2.25. The molecule has 0 aliphatic carbocycles. The van der Waals surface area contributed by atoms with Crippen molar-refractivity contribution in [2.24, 2.45) is 0 Å². The largest absolute Gasteiger partial charge is 0.310 e. The molecule has 6 aromatic heterocycles. The highest BCUT2D eigenvalue weighted by molar-refractivity contribution is 6.11. The van der Waals surface area contributed by atoms with Crippen molar-refractivity contribution in [3.8, 4) is 79.2 Å². The van der Waals surface area contributed by atoms with E-state index in [1.807, 2.05) is 0 Å². The number of rotatable bonds is 16. The predicted molar refractivity (Wildman–Crippen MR) is 555 cm³/mol. The van der Waals surface area contributed by atoms with Crippen LogP contribution in [0.1, 0.15) is 0 Å². The minimum Gasteiger partial charge on any atom is -0.310 e. The zero-order valence-corrected chi connectivity index (χ0v) is 72.1. The van der Waals surface area contributed by atoms with Gasteiger partial charge in [0.25, 0.3) is 0 Å². The van der Waals surface area contributed by atoms with E-state index in [-0.39, 0.29) is 0 Å². The molecule has 0 aliphatic heterocycles. The van der Waals surface area contributed by atoms with Crippen LogP contribution in [0, 0.1) is 0 Å². The summed E-state index contributed by atoms with van der Waals surface area (Å²) in [6, 6.07) is 185. The average Bonchev–Trinajstić information content (AvgIpc) is 1.60. The Bertz CT molecular complexity index is 8210. The van der Waals surface area contributed by atoms with E-state index in [1.165, 1.54) is 109 Å². The average molecular weight is 1690 g/mol. The van der Waals surface area contributed by atoms with Gasteiger partial charge in [0, 0.05) is 111 Å². The van der Waals surface area contributed by atoms with E-state index in [2.05, 4.69) is 547 Å². The van der Waals surface area contributed by atoms with Gasteiger partial charge < -0.3 is 37.2 Å². The minimum atomic E-state index is 1.09. The van der Waals surface area contributed by atoms with E-state index >= 15 is 0 Å². The number of fused-ring (bicyclic) bond motifs is 12. The smallest absolute Gasteiger partial charge is 0.0542 e. The lowest BCUT2D eigenvalue weighted by Crippen LogP contribution is -2.10. The zero-order chi connectivity index (χ0) is 87.1. The van der Waals surface area contributed by atoms with E-state index in [9.17, 15) is 0 Å². The number of para-hydroxylation sites is 6. The summed E-state index contributed by atoms with van der Waals surface area (Å²) in [5.41, 5.74) is 32.0. The van der Waals surface area contributed by atoms with Crippen molar-refractivity contribution in [3.05, 3.63) is 510 Å². The maximum Gasteiger partial charge on any atom is 0.0542 e. The van der Waals surface area contributed by atoms with E-state index in [0.29, 0.717) is 0 Å². The van der Waals surface area contributed by atoms with Gasteiger partial charge in [-0.15, -0.1) is 0 Å². The molecule has 8 heteroatoms. The lowest BCUT2D eigenvalue weighted by molar-refractivity contribution is 1.11. The van der Waals surface area contributed by atoms with Crippen LogP contribution >= 0.6 is 0 Å². The summed E-state index contributed by atoms with van der Waals surface area (Å²) in [7, 11) is 0. The van der Waals surface area contributed by atoms with Crippen molar-refractivity contribution in [1.82, 2.24) is 27.4 Å². The van der Waals surface area contributed by atoms with E-state index < -0.39 is 0 Å². The van der Waals surface area contributed by atoms with Gasteiger partial charge in [-0.3, -0.25) is 0 Å². The van der Waals surface area contributed by atoms with Gasteiger partial charge in [0.15, 0.2) is 0 Å². The molecule has 6 heterocycles. The molecule has 20 aromatic carbocycles. The van der Waals surface area contributed by atoms with Gasteiger partial charge in [-0.05, 0) is 262 Å². The quantitative estimate of drug-likeness (QED) is 0.0967. The second-order valence-electron chi connectivity index (χ2n) is 34.1. The molecule has 132 heavy (non-hydrogen) atoms. The molecule has 0 atom stereocenters. The van der Waals surface area contributed by atoms with Gasteiger partial charge in [-0.25, -0.2) is 0 Å². The van der Waals surface area contributed by atoms with Gasteiger partial charge in [-0.1, -0.05) is 291 Å². The van der Waals surface area contributed by atoms with Crippen LogP contribution in [0.3, 0.4) is 0 Å². The van der Waals surface area contributed by atoms with Crippen molar-refractivity contribution < 1.29 is 0 Å². The monoisotopic (exact) mass is 1680 g/mol. The summed E-state index contributed by atoms with van der Waals surface area (Å²) in [5.74, 6) is 0. The van der Waals surface area contributed by atoms with Crippen molar-refractivity contribution in [1.29, 1.82) is 0 Å². The molecule has 0 bridgehead atoms. The molecule has 0 amide bonds. The SMILES string of the molecule is c1ccc(-c2cc3cc4c(cc(-c5ccccc5)n4-c4ccc(-n5c6ccccc6c6ccccc65)cc4)cc3n2-c2ccc(-n3c4ccccc4c4ccccc43)cc2)cc1.c1ccc(-c2cc3cc4c(cc(-c5ccccc5)n4-c4ccc(N(c5ccccc5)c5ccc6ccccc6c5)cc4)cc3n2-c2ccc(N(c3ccccc3)c3ccc4ccccc4c3)cc2)cc1. The van der Waals surface area contributed by atoms with Crippen molar-refractivity contribution in [2.45, 2.75) is 0 Å². The molecule has 0 radical (unpaired) electrons. The first-order valence-corrected chi connectivity index (χ1v) is 45.2. The second-order valence-corrected chi connectivity index (χ2v) is 34.1. The Hall–Kier alpha value is -17.7. The molecule has 0 saturated heterocycles. The highest BCUT2D eigenvalue weighted by atomic mass is 15.2. The Labute approximate surface area is 763 Å². The van der Waals surface area contributed by atoms with Gasteiger partial charge in [-0.2, -0.15) is 0 Å². The molecule has 0 unspecified atom stereocenters. The van der Waals surface area contributed by atoms with Crippen LogP contribution in [0.25, 0.3) is 188 Å². The third-order valence-electron chi connectivity index (χ3n) is 26.4. The molecule has 0 N–H and O–H groups in total. The maximum atomic E-state index is 2.43. The Morgan fingerprint density at radius 3 is 0.598 bits per heavy atom. The molecular formula is C124H84N8. The molecule has 0 aliphatic rings. The number of benzene rings is 20. The fourth-order valence-corrected chi connectivity index (χ4v) is 20.3. The zero-order valence-electron chi connectivity index (χ0n) is 72.1. The Balaban J connectivity index is 0.000000143. The third kappa shape index (κ3) is 13.4. The summed E-state index contributed by atoms with van der Waals surface area (Å²) in [6.45, 7) is 0. The molecule has 0 fully saturated rings.